The van der Waals surface area contributed by atoms with E-state index >= 15 is 0 Å². The lowest BCUT2D eigenvalue weighted by Crippen LogP contribution is -2.29. The van der Waals surface area contributed by atoms with Gasteiger partial charge in [0.15, 0.2) is 0 Å². The first-order chi connectivity index (χ1) is 14.3. The van der Waals surface area contributed by atoms with Crippen LogP contribution in [0.5, 0.6) is 0 Å². The Kier molecular flexibility index (Phi) is 5.91. The third kappa shape index (κ3) is 4.89. The number of amides is 1. The zero-order valence-electron chi connectivity index (χ0n) is 16.4. The molecule has 2 N–H and O–H groups in total. The predicted octanol–water partition coefficient (Wildman–Crippen LogP) is 6.29. The van der Waals surface area contributed by atoms with Crippen LogP contribution >= 0.6 is 11.6 Å². The lowest BCUT2D eigenvalue weighted by molar-refractivity contribution is -0.137. The van der Waals surface area contributed by atoms with Gasteiger partial charge in [0.05, 0.1) is 16.1 Å². The van der Waals surface area contributed by atoms with Crippen LogP contribution in [0.4, 0.5) is 24.7 Å². The lowest BCUT2D eigenvalue weighted by atomic mass is 10.0. The minimum Gasteiger partial charge on any atom is -0.352 e. The Morgan fingerprint density at radius 2 is 1.87 bits per heavy atom. The molecule has 160 valence electrons. The molecular weight excluding hydrogens is 415 g/mol. The van der Waals surface area contributed by atoms with E-state index in [0.717, 1.165) is 37.3 Å². The minimum absolute atomic E-state index is 0.111. The summed E-state index contributed by atoms with van der Waals surface area (Å²) >= 11 is 5.79. The number of halogens is 4. The highest BCUT2D eigenvalue weighted by atomic mass is 35.5. The molecule has 1 amide bonds. The number of rotatable bonds is 6. The largest absolute Gasteiger partial charge is 0.417 e. The molecule has 4 rings (SSSR count). The van der Waals surface area contributed by atoms with Crippen molar-refractivity contribution in [1.82, 2.24) is 10.3 Å². The molecule has 0 atom stereocenters. The molecule has 2 aliphatic rings. The molecule has 0 bridgehead atoms. The summed E-state index contributed by atoms with van der Waals surface area (Å²) in [4.78, 5) is 17.0. The Hall–Kier alpha value is -2.28. The molecule has 4 nitrogen and oxygen atoms in total. The zero-order chi connectivity index (χ0) is 21.3. The predicted molar refractivity (Wildman–Crippen MR) is 110 cm³/mol. The van der Waals surface area contributed by atoms with Crippen molar-refractivity contribution >= 4 is 29.0 Å². The third-order valence-electron chi connectivity index (χ3n) is 5.77. The Balaban J connectivity index is 1.49. The van der Waals surface area contributed by atoms with Crippen LogP contribution in [0.25, 0.3) is 0 Å². The summed E-state index contributed by atoms with van der Waals surface area (Å²) in [6, 6.07) is 5.30. The molecule has 1 heterocycles. The number of nitrogens with zero attached hydrogens (tertiary/aromatic N) is 1. The molecule has 2 fully saturated rings. The maximum absolute atomic E-state index is 12.9. The summed E-state index contributed by atoms with van der Waals surface area (Å²) in [6.07, 6.45) is 3.84. The summed E-state index contributed by atoms with van der Waals surface area (Å²) < 4.78 is 38.6. The number of hydrogen-bond donors (Lipinski definition) is 2. The number of carbonyl (C=O) groups is 1. The van der Waals surface area contributed by atoms with Crippen molar-refractivity contribution in [2.45, 2.75) is 50.6 Å². The summed E-state index contributed by atoms with van der Waals surface area (Å²) in [5, 5.41) is 5.66. The number of anilines is 2. The van der Waals surface area contributed by atoms with E-state index in [2.05, 4.69) is 15.6 Å². The van der Waals surface area contributed by atoms with Gasteiger partial charge in [-0.05, 0) is 67.3 Å². The number of carbonyl (C=O) groups excluding carboxylic acids is 1. The molecule has 1 aromatic heterocycles. The van der Waals surface area contributed by atoms with E-state index < -0.39 is 11.7 Å². The molecule has 8 heteroatoms. The zero-order valence-corrected chi connectivity index (χ0v) is 17.1. The Labute approximate surface area is 178 Å². The van der Waals surface area contributed by atoms with E-state index in [0.29, 0.717) is 35.4 Å². The van der Waals surface area contributed by atoms with Crippen LogP contribution in [-0.2, 0) is 6.18 Å². The van der Waals surface area contributed by atoms with Crippen molar-refractivity contribution in [3.63, 3.8) is 0 Å². The topological polar surface area (TPSA) is 54.0 Å². The Bertz CT molecular complexity index is 938. The molecule has 0 aliphatic heterocycles. The molecule has 30 heavy (non-hydrogen) atoms. The van der Waals surface area contributed by atoms with Gasteiger partial charge in [-0.3, -0.25) is 4.79 Å². The molecule has 1 aromatic carbocycles. The number of benzene rings is 1. The molecule has 2 aromatic rings. The second kappa shape index (κ2) is 8.46. The summed E-state index contributed by atoms with van der Waals surface area (Å²) in [7, 11) is 0. The first kappa shape index (κ1) is 21.0. The third-order valence-corrected chi connectivity index (χ3v) is 6.08. The smallest absolute Gasteiger partial charge is 0.352 e. The SMILES string of the molecule is O=C(NCC1CCCC1)c1cnc(Nc2ccc(C(F)(F)F)c(Cl)c2)cc1C1CC1. The fourth-order valence-corrected chi connectivity index (χ4v) is 4.27. The van der Waals surface area contributed by atoms with Crippen LogP contribution in [0.3, 0.4) is 0 Å². The van der Waals surface area contributed by atoms with Gasteiger partial charge in [0.2, 0.25) is 0 Å². The summed E-state index contributed by atoms with van der Waals surface area (Å²) in [6.45, 7) is 0.687. The Morgan fingerprint density at radius 3 is 2.50 bits per heavy atom. The summed E-state index contributed by atoms with van der Waals surface area (Å²) in [5.74, 6) is 1.23. The standard InChI is InChI=1S/C22H23ClF3N3O/c23-19-9-15(7-8-18(19)22(24,25)26)29-20-10-16(14-5-6-14)17(12-27-20)21(30)28-11-13-3-1-2-4-13/h7-10,12-14H,1-6,11H2,(H,27,29)(H,28,30). The summed E-state index contributed by atoms with van der Waals surface area (Å²) in [5.41, 5.74) is 1.03. The quantitative estimate of drug-likeness (QED) is 0.558. The fourth-order valence-electron chi connectivity index (χ4n) is 3.98. The second-order valence-corrected chi connectivity index (χ2v) is 8.52. The van der Waals surface area contributed by atoms with Crippen molar-refractivity contribution in [3.8, 4) is 0 Å². The maximum Gasteiger partial charge on any atom is 0.417 e. The lowest BCUT2D eigenvalue weighted by Gasteiger charge is -2.15. The van der Waals surface area contributed by atoms with Crippen LogP contribution in [0.2, 0.25) is 5.02 Å². The van der Waals surface area contributed by atoms with Gasteiger partial charge in [-0.15, -0.1) is 0 Å². The number of hydrogen-bond acceptors (Lipinski definition) is 3. The second-order valence-electron chi connectivity index (χ2n) is 8.11. The van der Waals surface area contributed by atoms with Gasteiger partial charge in [-0.25, -0.2) is 4.98 Å². The van der Waals surface area contributed by atoms with Gasteiger partial charge in [0, 0.05) is 18.4 Å². The minimum atomic E-state index is -4.50. The molecule has 2 saturated carbocycles. The normalized spacial score (nSPS) is 17.2. The van der Waals surface area contributed by atoms with Crippen molar-refractivity contribution in [3.05, 3.63) is 52.2 Å². The number of nitrogens with one attached hydrogen (secondary N) is 2. The average Bonchev–Trinajstić information content (AvgIpc) is 3.40. The van der Waals surface area contributed by atoms with E-state index in [1.807, 2.05) is 6.07 Å². The van der Waals surface area contributed by atoms with Crippen molar-refractivity contribution in [2.24, 2.45) is 5.92 Å². The number of alkyl halides is 3. The fraction of sp³-hybridized carbons (Fsp3) is 0.455. The number of aromatic nitrogens is 1. The van der Waals surface area contributed by atoms with Crippen LogP contribution in [-0.4, -0.2) is 17.4 Å². The van der Waals surface area contributed by atoms with Gasteiger partial charge in [-0.2, -0.15) is 13.2 Å². The van der Waals surface area contributed by atoms with E-state index in [-0.39, 0.29) is 10.9 Å². The van der Waals surface area contributed by atoms with E-state index in [4.69, 9.17) is 11.6 Å². The van der Waals surface area contributed by atoms with Crippen LogP contribution in [0, 0.1) is 5.92 Å². The first-order valence-electron chi connectivity index (χ1n) is 10.2. The van der Waals surface area contributed by atoms with Gasteiger partial charge in [0.25, 0.3) is 5.91 Å². The van der Waals surface area contributed by atoms with Crippen molar-refractivity contribution < 1.29 is 18.0 Å². The molecule has 2 aliphatic carbocycles. The van der Waals surface area contributed by atoms with Gasteiger partial charge < -0.3 is 10.6 Å². The van der Waals surface area contributed by atoms with Gasteiger partial charge in [0.1, 0.15) is 5.82 Å². The van der Waals surface area contributed by atoms with Crippen molar-refractivity contribution in [1.29, 1.82) is 0 Å². The highest BCUT2D eigenvalue weighted by molar-refractivity contribution is 6.31. The molecular formula is C22H23ClF3N3O. The van der Waals surface area contributed by atoms with Gasteiger partial charge in [-0.1, -0.05) is 24.4 Å². The highest BCUT2D eigenvalue weighted by Crippen LogP contribution is 2.42. The molecule has 0 radical (unpaired) electrons. The van der Waals surface area contributed by atoms with Crippen LogP contribution in [0.15, 0.2) is 30.5 Å². The van der Waals surface area contributed by atoms with E-state index in [1.165, 1.54) is 25.0 Å². The maximum atomic E-state index is 12.9. The van der Waals surface area contributed by atoms with Crippen LogP contribution < -0.4 is 10.6 Å². The first-order valence-corrected chi connectivity index (χ1v) is 10.6. The van der Waals surface area contributed by atoms with Gasteiger partial charge >= 0.3 is 6.18 Å². The molecule has 0 saturated heterocycles. The van der Waals surface area contributed by atoms with Crippen molar-refractivity contribution in [2.75, 3.05) is 11.9 Å². The molecule has 0 spiro atoms. The highest BCUT2D eigenvalue weighted by Gasteiger charge is 2.33. The monoisotopic (exact) mass is 437 g/mol. The number of pyridine rings is 1. The van der Waals surface area contributed by atoms with E-state index in [1.54, 1.807) is 6.20 Å². The average molecular weight is 438 g/mol. The molecule has 0 unspecified atom stereocenters. The Morgan fingerprint density at radius 1 is 1.13 bits per heavy atom. The van der Waals surface area contributed by atoms with Crippen LogP contribution in [0.1, 0.15) is 65.9 Å². The van der Waals surface area contributed by atoms with E-state index in [9.17, 15) is 18.0 Å².